The van der Waals surface area contributed by atoms with Crippen LogP contribution in [0, 0.1) is 6.92 Å². The van der Waals surface area contributed by atoms with E-state index in [0.717, 1.165) is 11.4 Å². The molecular weight excluding hydrogens is 262 g/mol. The van der Waals surface area contributed by atoms with Crippen LogP contribution in [0.3, 0.4) is 0 Å². The molecule has 0 aliphatic carbocycles. The first-order valence-electron chi connectivity index (χ1n) is 5.72. The Morgan fingerprint density at radius 1 is 1.32 bits per heavy atom. The van der Waals surface area contributed by atoms with Crippen LogP contribution in [0.1, 0.15) is 15.4 Å². The molecule has 0 saturated carbocycles. The van der Waals surface area contributed by atoms with Gasteiger partial charge in [0, 0.05) is 30.3 Å². The molecule has 0 unspecified atom stereocenters. The molecule has 19 heavy (non-hydrogen) atoms. The van der Waals surface area contributed by atoms with E-state index in [2.05, 4.69) is 10.3 Å². The van der Waals surface area contributed by atoms with Gasteiger partial charge in [0.2, 0.25) is 0 Å². The first-order chi connectivity index (χ1) is 8.97. The largest absolute Gasteiger partial charge is 0.476 e. The van der Waals surface area contributed by atoms with Crippen molar-refractivity contribution in [3.8, 4) is 0 Å². The van der Waals surface area contributed by atoms with Gasteiger partial charge in [0.15, 0.2) is 10.8 Å². The summed E-state index contributed by atoms with van der Waals surface area (Å²) in [5.74, 6) is -0.996. The number of hydrogen-bond acceptors (Lipinski definition) is 5. The van der Waals surface area contributed by atoms with E-state index in [-0.39, 0.29) is 5.69 Å². The van der Waals surface area contributed by atoms with Crippen LogP contribution in [0.2, 0.25) is 0 Å². The summed E-state index contributed by atoms with van der Waals surface area (Å²) >= 11 is 1.33. The fourth-order valence-electron chi connectivity index (χ4n) is 1.61. The molecule has 6 heteroatoms. The minimum absolute atomic E-state index is 0.109. The molecule has 1 aromatic heterocycles. The van der Waals surface area contributed by atoms with Crippen LogP contribution in [-0.2, 0) is 0 Å². The van der Waals surface area contributed by atoms with Crippen molar-refractivity contribution in [2.45, 2.75) is 6.92 Å². The summed E-state index contributed by atoms with van der Waals surface area (Å²) in [5, 5.41) is 12.7. The maximum Gasteiger partial charge on any atom is 0.355 e. The van der Waals surface area contributed by atoms with Gasteiger partial charge in [-0.25, -0.2) is 9.78 Å². The number of nitrogens with one attached hydrogen (secondary N) is 1. The summed E-state index contributed by atoms with van der Waals surface area (Å²) in [7, 11) is 3.96. The van der Waals surface area contributed by atoms with Gasteiger partial charge in [0.1, 0.15) is 0 Å². The predicted octanol–water partition coefficient (Wildman–Crippen LogP) is 2.96. The van der Waals surface area contributed by atoms with Crippen molar-refractivity contribution in [2.75, 3.05) is 24.3 Å². The highest BCUT2D eigenvalue weighted by Crippen LogP contribution is 2.26. The number of hydrogen-bond donors (Lipinski definition) is 2. The molecule has 2 aromatic rings. The van der Waals surface area contributed by atoms with Crippen molar-refractivity contribution in [3.63, 3.8) is 0 Å². The molecular formula is C13H15N3O2S. The maximum atomic E-state index is 10.9. The molecule has 0 radical (unpaired) electrons. The lowest BCUT2D eigenvalue weighted by molar-refractivity contribution is 0.0690. The molecule has 0 fully saturated rings. The molecule has 0 atom stereocenters. The predicted molar refractivity (Wildman–Crippen MR) is 77.9 cm³/mol. The molecule has 2 rings (SSSR count). The Hall–Kier alpha value is -2.08. The highest BCUT2D eigenvalue weighted by atomic mass is 32.1. The van der Waals surface area contributed by atoms with Gasteiger partial charge in [-0.15, -0.1) is 11.3 Å². The van der Waals surface area contributed by atoms with Crippen LogP contribution in [0.5, 0.6) is 0 Å². The zero-order valence-electron chi connectivity index (χ0n) is 11.0. The van der Waals surface area contributed by atoms with Gasteiger partial charge in [-0.05, 0) is 31.2 Å². The lowest BCUT2D eigenvalue weighted by atomic mass is 10.2. The first-order valence-corrected chi connectivity index (χ1v) is 6.54. The number of carboxylic acids is 1. The Labute approximate surface area is 115 Å². The Bertz CT molecular complexity index is 590. The van der Waals surface area contributed by atoms with E-state index in [1.54, 1.807) is 6.92 Å². The molecule has 0 spiro atoms. The van der Waals surface area contributed by atoms with E-state index < -0.39 is 5.97 Å². The second-order valence-corrected chi connectivity index (χ2v) is 5.50. The molecule has 0 aliphatic rings. The Morgan fingerprint density at radius 3 is 2.42 bits per heavy atom. The Kier molecular flexibility index (Phi) is 3.71. The molecule has 0 bridgehead atoms. The van der Waals surface area contributed by atoms with Gasteiger partial charge in [-0.2, -0.15) is 0 Å². The van der Waals surface area contributed by atoms with Crippen molar-refractivity contribution in [2.24, 2.45) is 0 Å². The highest BCUT2D eigenvalue weighted by Gasteiger charge is 2.13. The topological polar surface area (TPSA) is 65.5 Å². The Balaban J connectivity index is 2.17. The number of thiazole rings is 1. The molecule has 0 amide bonds. The minimum atomic E-state index is -0.996. The normalized spacial score (nSPS) is 10.3. The van der Waals surface area contributed by atoms with Crippen molar-refractivity contribution in [3.05, 3.63) is 34.8 Å². The number of benzene rings is 1. The second kappa shape index (κ2) is 5.27. The van der Waals surface area contributed by atoms with Crippen LogP contribution in [0.4, 0.5) is 16.5 Å². The van der Waals surface area contributed by atoms with E-state index >= 15 is 0 Å². The van der Waals surface area contributed by atoms with Crippen molar-refractivity contribution >= 4 is 33.8 Å². The third-order valence-electron chi connectivity index (χ3n) is 2.63. The van der Waals surface area contributed by atoms with E-state index in [9.17, 15) is 4.79 Å². The lowest BCUT2D eigenvalue weighted by Crippen LogP contribution is -2.08. The van der Waals surface area contributed by atoms with Gasteiger partial charge in [-0.1, -0.05) is 0 Å². The smallest absolute Gasteiger partial charge is 0.355 e. The van der Waals surface area contributed by atoms with Gasteiger partial charge in [-0.3, -0.25) is 0 Å². The molecule has 100 valence electrons. The lowest BCUT2D eigenvalue weighted by Gasteiger charge is -2.12. The van der Waals surface area contributed by atoms with Crippen LogP contribution in [-0.4, -0.2) is 30.2 Å². The summed E-state index contributed by atoms with van der Waals surface area (Å²) in [6.07, 6.45) is 0. The van der Waals surface area contributed by atoms with Crippen LogP contribution >= 0.6 is 11.3 Å². The van der Waals surface area contributed by atoms with Crippen molar-refractivity contribution < 1.29 is 9.90 Å². The van der Waals surface area contributed by atoms with E-state index in [1.165, 1.54) is 11.3 Å². The summed E-state index contributed by atoms with van der Waals surface area (Å²) in [5.41, 5.74) is 2.10. The van der Waals surface area contributed by atoms with Gasteiger partial charge >= 0.3 is 5.97 Å². The Morgan fingerprint density at radius 2 is 1.95 bits per heavy atom. The van der Waals surface area contributed by atoms with Gasteiger partial charge < -0.3 is 15.3 Å². The average molecular weight is 277 g/mol. The van der Waals surface area contributed by atoms with E-state index in [4.69, 9.17) is 5.11 Å². The summed E-state index contributed by atoms with van der Waals surface area (Å²) < 4.78 is 0. The SMILES string of the molecule is Cc1sc(Nc2ccc(N(C)C)cc2)nc1C(=O)O. The number of aryl methyl sites for hydroxylation is 1. The zero-order valence-corrected chi connectivity index (χ0v) is 11.8. The maximum absolute atomic E-state index is 10.9. The zero-order chi connectivity index (χ0) is 14.0. The monoisotopic (exact) mass is 277 g/mol. The third kappa shape index (κ3) is 3.03. The van der Waals surface area contributed by atoms with E-state index in [0.29, 0.717) is 10.0 Å². The number of rotatable bonds is 4. The number of aromatic nitrogens is 1. The summed E-state index contributed by atoms with van der Waals surface area (Å²) in [6, 6.07) is 7.85. The number of aromatic carboxylic acids is 1. The number of carboxylic acid groups (broad SMARTS) is 1. The highest BCUT2D eigenvalue weighted by molar-refractivity contribution is 7.15. The van der Waals surface area contributed by atoms with Crippen molar-refractivity contribution in [1.29, 1.82) is 0 Å². The quantitative estimate of drug-likeness (QED) is 0.899. The van der Waals surface area contributed by atoms with E-state index in [1.807, 2.05) is 43.3 Å². The number of anilines is 3. The van der Waals surface area contributed by atoms with Gasteiger partial charge in [0.25, 0.3) is 0 Å². The molecule has 2 N–H and O–H groups in total. The summed E-state index contributed by atoms with van der Waals surface area (Å²) in [4.78, 5) is 17.7. The molecule has 1 aromatic carbocycles. The fraction of sp³-hybridized carbons (Fsp3) is 0.231. The minimum Gasteiger partial charge on any atom is -0.476 e. The third-order valence-corrected chi connectivity index (χ3v) is 3.52. The van der Waals surface area contributed by atoms with Gasteiger partial charge in [0.05, 0.1) is 0 Å². The summed E-state index contributed by atoms with van der Waals surface area (Å²) in [6.45, 7) is 1.75. The molecule has 1 heterocycles. The number of carbonyl (C=O) groups is 1. The van der Waals surface area contributed by atoms with Crippen molar-refractivity contribution in [1.82, 2.24) is 4.98 Å². The van der Waals surface area contributed by atoms with Crippen LogP contribution < -0.4 is 10.2 Å². The second-order valence-electron chi connectivity index (χ2n) is 4.30. The average Bonchev–Trinajstić information content (AvgIpc) is 2.71. The first kappa shape index (κ1) is 13.4. The standard InChI is InChI=1S/C13H15N3O2S/c1-8-11(12(17)18)15-13(19-8)14-9-4-6-10(7-5-9)16(2)3/h4-7H,1-3H3,(H,14,15)(H,17,18). The number of nitrogens with zero attached hydrogens (tertiary/aromatic N) is 2. The molecule has 0 saturated heterocycles. The molecule has 5 nitrogen and oxygen atoms in total. The van der Waals surface area contributed by atoms with Crippen LogP contribution in [0.25, 0.3) is 0 Å². The molecule has 0 aliphatic heterocycles. The van der Waals surface area contributed by atoms with Crippen LogP contribution in [0.15, 0.2) is 24.3 Å². The fourth-order valence-corrected chi connectivity index (χ4v) is 2.44.